The van der Waals surface area contributed by atoms with Crippen LogP contribution in [0.3, 0.4) is 0 Å². The molecule has 0 heterocycles. The highest BCUT2D eigenvalue weighted by Crippen LogP contribution is 2.26. The smallest absolute Gasteiger partial charge is 0.0587 e. The molecule has 1 N–H and O–H groups in total. The molecule has 0 fully saturated rings. The summed E-state index contributed by atoms with van der Waals surface area (Å²) in [6.07, 6.45) is 3.92. The van der Waals surface area contributed by atoms with E-state index < -0.39 is 0 Å². The molecule has 0 saturated carbocycles. The van der Waals surface area contributed by atoms with Gasteiger partial charge in [0.05, 0.1) is 6.61 Å². The van der Waals surface area contributed by atoms with Crippen LogP contribution in [0, 0.1) is 0 Å². The zero-order chi connectivity index (χ0) is 13.9. The lowest BCUT2D eigenvalue weighted by Gasteiger charge is -2.08. The minimum atomic E-state index is 0.753. The van der Waals surface area contributed by atoms with Gasteiger partial charge in [0.2, 0.25) is 0 Å². The number of thioether (sulfide) groups is 1. The normalized spacial score (nSPS) is 10.9. The molecule has 1 aromatic carbocycles. The first-order valence-electron chi connectivity index (χ1n) is 6.88. The van der Waals surface area contributed by atoms with Gasteiger partial charge in [0.15, 0.2) is 0 Å². The highest BCUT2D eigenvalue weighted by molar-refractivity contribution is 9.10. The maximum atomic E-state index is 5.02. The molecule has 0 spiro atoms. The summed E-state index contributed by atoms with van der Waals surface area (Å²) < 4.78 is 6.21. The number of ether oxygens (including phenoxy) is 1. The molecule has 0 saturated heterocycles. The van der Waals surface area contributed by atoms with Gasteiger partial charge in [-0.15, -0.1) is 11.8 Å². The molecule has 108 valence electrons. The third kappa shape index (κ3) is 7.35. The predicted octanol–water partition coefficient (Wildman–Crippen LogP) is 4.47. The molecule has 1 rings (SSSR count). The van der Waals surface area contributed by atoms with Gasteiger partial charge in [-0.1, -0.05) is 41.8 Å². The van der Waals surface area contributed by atoms with Gasteiger partial charge in [-0.05, 0) is 29.9 Å². The Balaban J connectivity index is 2.36. The minimum Gasteiger partial charge on any atom is -0.383 e. The van der Waals surface area contributed by atoms with Crippen LogP contribution in [0.1, 0.15) is 31.7 Å². The van der Waals surface area contributed by atoms with Gasteiger partial charge >= 0.3 is 0 Å². The average Bonchev–Trinajstić information content (AvgIpc) is 2.42. The summed E-state index contributed by atoms with van der Waals surface area (Å²) >= 11 is 5.60. The number of halogens is 1. The molecule has 0 aliphatic rings. The predicted molar refractivity (Wildman–Crippen MR) is 88.0 cm³/mol. The Hall–Kier alpha value is -0.0300. The molecule has 0 atom stereocenters. The first kappa shape index (κ1) is 17.0. The summed E-state index contributed by atoms with van der Waals surface area (Å²) in [7, 11) is 1.72. The largest absolute Gasteiger partial charge is 0.383 e. The Bertz CT molecular complexity index is 360. The molecule has 1 aromatic rings. The highest BCUT2D eigenvalue weighted by atomic mass is 79.9. The van der Waals surface area contributed by atoms with Crippen LogP contribution >= 0.6 is 27.7 Å². The van der Waals surface area contributed by atoms with E-state index in [1.165, 1.54) is 39.9 Å². The average molecular weight is 346 g/mol. The highest BCUT2D eigenvalue weighted by Gasteiger charge is 2.02. The van der Waals surface area contributed by atoms with Gasteiger partial charge in [0, 0.05) is 29.6 Å². The van der Waals surface area contributed by atoms with E-state index in [1.807, 2.05) is 11.8 Å². The zero-order valence-corrected chi connectivity index (χ0v) is 14.3. The van der Waals surface area contributed by atoms with Gasteiger partial charge in [0.25, 0.3) is 0 Å². The molecule has 0 unspecified atom stereocenters. The molecule has 0 aromatic heterocycles. The number of benzene rings is 1. The standard InChI is InChI=1S/C15H24BrNOS/c1-3-4-5-10-19-14-7-6-13(15(16)11-14)12-17-8-9-18-2/h6-7,11,17H,3-5,8-10,12H2,1-2H3. The monoisotopic (exact) mass is 345 g/mol. The number of methoxy groups -OCH3 is 1. The Morgan fingerprint density at radius 3 is 2.84 bits per heavy atom. The van der Waals surface area contributed by atoms with Gasteiger partial charge in [-0.3, -0.25) is 0 Å². The second-order valence-corrected chi connectivity index (χ2v) is 6.50. The molecule has 4 heteroatoms. The first-order chi connectivity index (χ1) is 9.27. The van der Waals surface area contributed by atoms with E-state index in [1.54, 1.807) is 7.11 Å². The van der Waals surface area contributed by atoms with Crippen LogP contribution < -0.4 is 5.32 Å². The summed E-state index contributed by atoms with van der Waals surface area (Å²) in [4.78, 5) is 1.35. The van der Waals surface area contributed by atoms with Crippen molar-refractivity contribution in [2.75, 3.05) is 26.0 Å². The third-order valence-corrected chi connectivity index (χ3v) is 4.66. The lowest BCUT2D eigenvalue weighted by Crippen LogP contribution is -2.18. The molecule has 0 radical (unpaired) electrons. The van der Waals surface area contributed by atoms with Crippen molar-refractivity contribution >= 4 is 27.7 Å². The van der Waals surface area contributed by atoms with Crippen LogP contribution in [0.25, 0.3) is 0 Å². The summed E-state index contributed by atoms with van der Waals surface area (Å²) in [6.45, 7) is 4.76. The van der Waals surface area contributed by atoms with Crippen LogP contribution in [0.5, 0.6) is 0 Å². The molecular weight excluding hydrogens is 322 g/mol. The Morgan fingerprint density at radius 2 is 2.16 bits per heavy atom. The van der Waals surface area contributed by atoms with Crippen LogP contribution in [-0.4, -0.2) is 26.0 Å². The van der Waals surface area contributed by atoms with Crippen LogP contribution in [0.4, 0.5) is 0 Å². The molecule has 2 nitrogen and oxygen atoms in total. The first-order valence-corrected chi connectivity index (χ1v) is 8.66. The number of nitrogens with one attached hydrogen (secondary N) is 1. The van der Waals surface area contributed by atoms with Gasteiger partial charge < -0.3 is 10.1 Å². The lowest BCUT2D eigenvalue weighted by atomic mass is 10.2. The van der Waals surface area contributed by atoms with Crippen molar-refractivity contribution in [1.82, 2.24) is 5.32 Å². The Kier molecular flexibility index (Phi) is 9.61. The van der Waals surface area contributed by atoms with Gasteiger partial charge in [-0.2, -0.15) is 0 Å². The quantitative estimate of drug-likeness (QED) is 0.499. The van der Waals surface area contributed by atoms with Crippen molar-refractivity contribution in [3.63, 3.8) is 0 Å². The summed E-state index contributed by atoms with van der Waals surface area (Å²) in [5, 5.41) is 3.36. The van der Waals surface area contributed by atoms with E-state index in [2.05, 4.69) is 46.4 Å². The molecule has 0 bridgehead atoms. The fourth-order valence-electron chi connectivity index (χ4n) is 1.70. The van der Waals surface area contributed by atoms with Crippen molar-refractivity contribution in [2.45, 2.75) is 37.6 Å². The SMILES string of the molecule is CCCCCSc1ccc(CNCCOC)c(Br)c1. The maximum Gasteiger partial charge on any atom is 0.0587 e. The molecular formula is C15H24BrNOS. The second-order valence-electron chi connectivity index (χ2n) is 4.48. The topological polar surface area (TPSA) is 21.3 Å². The fraction of sp³-hybridized carbons (Fsp3) is 0.600. The lowest BCUT2D eigenvalue weighted by molar-refractivity contribution is 0.199. The van der Waals surface area contributed by atoms with Gasteiger partial charge in [-0.25, -0.2) is 0 Å². The van der Waals surface area contributed by atoms with Crippen molar-refractivity contribution in [3.05, 3.63) is 28.2 Å². The number of hydrogen-bond donors (Lipinski definition) is 1. The van der Waals surface area contributed by atoms with Crippen molar-refractivity contribution in [3.8, 4) is 0 Å². The van der Waals surface area contributed by atoms with E-state index in [0.717, 1.165) is 19.7 Å². The molecule has 0 amide bonds. The van der Waals surface area contributed by atoms with E-state index in [9.17, 15) is 0 Å². The summed E-state index contributed by atoms with van der Waals surface area (Å²) in [6, 6.07) is 6.64. The zero-order valence-electron chi connectivity index (χ0n) is 11.9. The van der Waals surface area contributed by atoms with Crippen molar-refractivity contribution < 1.29 is 4.74 Å². The van der Waals surface area contributed by atoms with Crippen LogP contribution in [0.2, 0.25) is 0 Å². The minimum absolute atomic E-state index is 0.753. The molecule has 0 aliphatic carbocycles. The Labute approximate surface area is 129 Å². The Morgan fingerprint density at radius 1 is 1.32 bits per heavy atom. The summed E-state index contributed by atoms with van der Waals surface area (Å²) in [5.74, 6) is 1.21. The van der Waals surface area contributed by atoms with E-state index in [4.69, 9.17) is 4.74 Å². The van der Waals surface area contributed by atoms with Crippen molar-refractivity contribution in [1.29, 1.82) is 0 Å². The van der Waals surface area contributed by atoms with Crippen molar-refractivity contribution in [2.24, 2.45) is 0 Å². The van der Waals surface area contributed by atoms with E-state index in [0.29, 0.717) is 0 Å². The number of hydrogen-bond acceptors (Lipinski definition) is 3. The van der Waals surface area contributed by atoms with E-state index >= 15 is 0 Å². The molecule has 19 heavy (non-hydrogen) atoms. The fourth-order valence-corrected chi connectivity index (χ4v) is 3.32. The number of rotatable bonds is 10. The van der Waals surface area contributed by atoms with E-state index in [-0.39, 0.29) is 0 Å². The number of unbranched alkanes of at least 4 members (excludes halogenated alkanes) is 2. The third-order valence-electron chi connectivity index (χ3n) is 2.84. The van der Waals surface area contributed by atoms with Crippen LogP contribution in [-0.2, 0) is 11.3 Å². The molecule has 0 aliphatic heterocycles. The van der Waals surface area contributed by atoms with Gasteiger partial charge in [0.1, 0.15) is 0 Å². The van der Waals surface area contributed by atoms with Crippen LogP contribution in [0.15, 0.2) is 27.6 Å². The second kappa shape index (κ2) is 10.7. The maximum absolute atomic E-state index is 5.02. The summed E-state index contributed by atoms with van der Waals surface area (Å²) in [5.41, 5.74) is 1.30.